The number of carbonyl (C=O) groups is 1. The molecule has 0 aliphatic carbocycles. The highest BCUT2D eigenvalue weighted by molar-refractivity contribution is 5.95. The maximum absolute atomic E-state index is 12.7. The lowest BCUT2D eigenvalue weighted by molar-refractivity contribution is 0.0771. The van der Waals surface area contributed by atoms with Crippen molar-refractivity contribution in [2.45, 2.75) is 19.4 Å². The second-order valence-corrected chi connectivity index (χ2v) is 6.07. The van der Waals surface area contributed by atoms with Gasteiger partial charge in [0.05, 0.1) is 12.6 Å². The van der Waals surface area contributed by atoms with Crippen LogP contribution in [0.1, 0.15) is 22.5 Å². The zero-order valence-electron chi connectivity index (χ0n) is 13.7. The highest BCUT2D eigenvalue weighted by Crippen LogP contribution is 2.33. The second-order valence-electron chi connectivity index (χ2n) is 6.07. The van der Waals surface area contributed by atoms with Gasteiger partial charge in [-0.3, -0.25) is 4.79 Å². The van der Waals surface area contributed by atoms with Crippen LogP contribution in [0, 0.1) is 6.92 Å². The van der Waals surface area contributed by atoms with Gasteiger partial charge < -0.3 is 23.5 Å². The zero-order chi connectivity index (χ0) is 17.4. The predicted molar refractivity (Wildman–Crippen MR) is 87.2 cm³/mol. The molecule has 1 aromatic heterocycles. The van der Waals surface area contributed by atoms with E-state index < -0.39 is 5.63 Å². The molecule has 1 amide bonds. The van der Waals surface area contributed by atoms with Crippen molar-refractivity contribution in [1.82, 2.24) is 4.90 Å². The average molecular weight is 343 g/mol. The lowest BCUT2D eigenvalue weighted by Crippen LogP contribution is -2.31. The Morgan fingerprint density at radius 1 is 1.20 bits per heavy atom. The van der Waals surface area contributed by atoms with E-state index in [1.165, 1.54) is 6.07 Å². The molecule has 7 nitrogen and oxygen atoms in total. The highest BCUT2D eigenvalue weighted by atomic mass is 16.7. The van der Waals surface area contributed by atoms with Gasteiger partial charge in [-0.05, 0) is 25.1 Å². The van der Waals surface area contributed by atoms with Crippen LogP contribution in [0.3, 0.4) is 0 Å². The molecule has 0 saturated carbocycles. The van der Waals surface area contributed by atoms with E-state index in [9.17, 15) is 9.59 Å². The van der Waals surface area contributed by atoms with E-state index in [2.05, 4.69) is 0 Å². The van der Waals surface area contributed by atoms with Crippen molar-refractivity contribution >= 4 is 5.91 Å². The van der Waals surface area contributed by atoms with Crippen LogP contribution < -0.4 is 19.8 Å². The molecule has 1 aromatic carbocycles. The van der Waals surface area contributed by atoms with E-state index in [0.717, 1.165) is 0 Å². The Bertz CT molecular complexity index is 874. The molecular weight excluding hydrogens is 326 g/mol. The number of carbonyl (C=O) groups excluding carboxylic acids is 1. The molecule has 4 rings (SSSR count). The van der Waals surface area contributed by atoms with Crippen LogP contribution in [0.25, 0.3) is 0 Å². The maximum Gasteiger partial charge on any atom is 0.339 e. The molecule has 0 unspecified atom stereocenters. The van der Waals surface area contributed by atoms with Crippen LogP contribution in [0.4, 0.5) is 0 Å². The van der Waals surface area contributed by atoms with Crippen molar-refractivity contribution in [2.75, 3.05) is 19.9 Å². The third kappa shape index (κ3) is 3.17. The molecule has 0 bridgehead atoms. The van der Waals surface area contributed by atoms with Gasteiger partial charge in [0.15, 0.2) is 11.5 Å². The van der Waals surface area contributed by atoms with Crippen LogP contribution in [0.5, 0.6) is 17.2 Å². The summed E-state index contributed by atoms with van der Waals surface area (Å²) in [6.07, 6.45) is 0.550. The Kier molecular flexibility index (Phi) is 3.83. The first kappa shape index (κ1) is 15.6. The molecule has 7 heteroatoms. The lowest BCUT2D eigenvalue weighted by atomic mass is 10.2. The Labute approximate surface area is 143 Å². The number of fused-ring (bicyclic) bond motifs is 1. The highest BCUT2D eigenvalue weighted by Gasteiger charge is 2.29. The molecule has 0 N–H and O–H groups in total. The minimum absolute atomic E-state index is 0.0758. The summed E-state index contributed by atoms with van der Waals surface area (Å²) in [7, 11) is 0. The van der Waals surface area contributed by atoms with Crippen molar-refractivity contribution in [3.05, 3.63) is 52.1 Å². The standard InChI is InChI=1S/C18H17NO6/c1-11-6-14(8-17(20)24-11)25-13-4-5-19(9-13)18(21)12-2-3-15-16(7-12)23-10-22-15/h2-3,6-8,13H,4-5,9-10H2,1H3/t13-/m0/s1. The molecule has 2 aromatic rings. The molecule has 1 saturated heterocycles. The van der Waals surface area contributed by atoms with Gasteiger partial charge in [-0.15, -0.1) is 0 Å². The van der Waals surface area contributed by atoms with Gasteiger partial charge in [-0.2, -0.15) is 0 Å². The Hall–Kier alpha value is -2.96. The summed E-state index contributed by atoms with van der Waals surface area (Å²) in [6, 6.07) is 8.16. The largest absolute Gasteiger partial charge is 0.488 e. The maximum atomic E-state index is 12.7. The average Bonchev–Trinajstić information content (AvgIpc) is 3.21. The number of hydrogen-bond donors (Lipinski definition) is 0. The summed E-state index contributed by atoms with van der Waals surface area (Å²) in [5.41, 5.74) is 0.113. The summed E-state index contributed by atoms with van der Waals surface area (Å²) in [4.78, 5) is 25.8. The molecule has 0 spiro atoms. The fourth-order valence-electron chi connectivity index (χ4n) is 3.06. The number of nitrogens with zero attached hydrogens (tertiary/aromatic N) is 1. The number of amides is 1. The minimum atomic E-state index is -0.443. The monoisotopic (exact) mass is 343 g/mol. The van der Waals surface area contributed by atoms with Gasteiger partial charge in [0.25, 0.3) is 5.91 Å². The predicted octanol–water partition coefficient (Wildman–Crippen LogP) is 1.97. The third-order valence-electron chi connectivity index (χ3n) is 4.22. The van der Waals surface area contributed by atoms with Crippen LogP contribution in [-0.2, 0) is 0 Å². The van der Waals surface area contributed by atoms with E-state index in [-0.39, 0.29) is 18.8 Å². The van der Waals surface area contributed by atoms with Crippen LogP contribution >= 0.6 is 0 Å². The first-order valence-corrected chi connectivity index (χ1v) is 8.06. The van der Waals surface area contributed by atoms with E-state index in [1.54, 1.807) is 36.1 Å². The Balaban J connectivity index is 1.43. The molecule has 3 heterocycles. The van der Waals surface area contributed by atoms with Gasteiger partial charge >= 0.3 is 5.63 Å². The van der Waals surface area contributed by atoms with Crippen molar-refractivity contribution in [1.29, 1.82) is 0 Å². The summed E-state index contributed by atoms with van der Waals surface area (Å²) in [5, 5.41) is 0. The summed E-state index contributed by atoms with van der Waals surface area (Å²) in [6.45, 7) is 2.93. The smallest absolute Gasteiger partial charge is 0.339 e. The van der Waals surface area contributed by atoms with Crippen LogP contribution in [0.2, 0.25) is 0 Å². The number of likely N-dealkylation sites (tertiary alicyclic amines) is 1. The van der Waals surface area contributed by atoms with Gasteiger partial charge in [-0.1, -0.05) is 0 Å². The van der Waals surface area contributed by atoms with Crippen molar-refractivity contribution in [3.8, 4) is 17.2 Å². The fourth-order valence-corrected chi connectivity index (χ4v) is 3.06. The molecule has 1 atom stereocenters. The van der Waals surface area contributed by atoms with E-state index in [4.69, 9.17) is 18.6 Å². The van der Waals surface area contributed by atoms with E-state index >= 15 is 0 Å². The molecule has 130 valence electrons. The first-order valence-electron chi connectivity index (χ1n) is 8.06. The molecule has 2 aliphatic heterocycles. The molecule has 1 fully saturated rings. The summed E-state index contributed by atoms with van der Waals surface area (Å²) >= 11 is 0. The van der Waals surface area contributed by atoms with Crippen molar-refractivity contribution in [2.24, 2.45) is 0 Å². The normalized spacial score (nSPS) is 18.4. The van der Waals surface area contributed by atoms with Crippen molar-refractivity contribution in [3.63, 3.8) is 0 Å². The van der Waals surface area contributed by atoms with Crippen LogP contribution in [0.15, 0.2) is 39.5 Å². The minimum Gasteiger partial charge on any atom is -0.488 e. The Morgan fingerprint density at radius 3 is 2.88 bits per heavy atom. The fraction of sp³-hybridized carbons (Fsp3) is 0.333. The van der Waals surface area contributed by atoms with Gasteiger partial charge in [-0.25, -0.2) is 4.79 Å². The number of benzene rings is 1. The van der Waals surface area contributed by atoms with Gasteiger partial charge in [0.1, 0.15) is 17.6 Å². The molecule has 0 radical (unpaired) electrons. The number of ether oxygens (including phenoxy) is 3. The van der Waals surface area contributed by atoms with E-state index in [1.807, 2.05) is 0 Å². The number of aryl methyl sites for hydroxylation is 1. The van der Waals surface area contributed by atoms with E-state index in [0.29, 0.717) is 48.1 Å². The van der Waals surface area contributed by atoms with Gasteiger partial charge in [0, 0.05) is 24.6 Å². The zero-order valence-corrected chi connectivity index (χ0v) is 13.7. The summed E-state index contributed by atoms with van der Waals surface area (Å²) < 4.78 is 21.3. The first-order chi connectivity index (χ1) is 12.1. The van der Waals surface area contributed by atoms with Gasteiger partial charge in [0.2, 0.25) is 6.79 Å². The topological polar surface area (TPSA) is 78.2 Å². The molecular formula is C18H17NO6. The number of hydrogen-bond acceptors (Lipinski definition) is 6. The quantitative estimate of drug-likeness (QED) is 0.848. The Morgan fingerprint density at radius 2 is 2.04 bits per heavy atom. The lowest BCUT2D eigenvalue weighted by Gasteiger charge is -2.17. The number of rotatable bonds is 3. The molecule has 2 aliphatic rings. The third-order valence-corrected chi connectivity index (χ3v) is 4.22. The van der Waals surface area contributed by atoms with Crippen molar-refractivity contribution < 1.29 is 23.4 Å². The summed E-state index contributed by atoms with van der Waals surface area (Å²) in [5.74, 6) is 2.12. The molecule has 25 heavy (non-hydrogen) atoms. The second kappa shape index (κ2) is 6.16. The van der Waals surface area contributed by atoms with Crippen LogP contribution in [-0.4, -0.2) is 36.8 Å². The SMILES string of the molecule is Cc1cc(O[C@H]2CCN(C(=O)c3ccc4c(c3)OCO4)C2)cc(=O)o1.